The third-order valence-corrected chi connectivity index (χ3v) is 4.60. The van der Waals surface area contributed by atoms with Gasteiger partial charge in [-0.05, 0) is 39.8 Å². The number of nitrogens with one attached hydrogen (secondary N) is 1. The Morgan fingerprint density at radius 3 is 2.44 bits per heavy atom. The van der Waals surface area contributed by atoms with Gasteiger partial charge in [0.25, 0.3) is 0 Å². The van der Waals surface area contributed by atoms with Gasteiger partial charge in [-0.2, -0.15) is 0 Å². The average molecular weight is 453 g/mol. The molecule has 1 atom stereocenters. The highest BCUT2D eigenvalue weighted by atomic mass is 127. The van der Waals surface area contributed by atoms with Gasteiger partial charge >= 0.3 is 5.97 Å². The molecule has 0 spiro atoms. The largest absolute Gasteiger partial charge is 0.467 e. The predicted molar refractivity (Wildman–Crippen MR) is 103 cm³/mol. The number of benzene rings is 2. The average Bonchev–Trinajstić information content (AvgIpc) is 2.63. The lowest BCUT2D eigenvalue weighted by Gasteiger charge is -2.17. The Kier molecular flexibility index (Phi) is 7.87. The summed E-state index contributed by atoms with van der Waals surface area (Å²) >= 11 is 2.20. The van der Waals surface area contributed by atoms with Crippen molar-refractivity contribution in [2.45, 2.75) is 19.1 Å². The highest BCUT2D eigenvalue weighted by Gasteiger charge is 2.22. The molecule has 0 unspecified atom stereocenters. The van der Waals surface area contributed by atoms with E-state index in [2.05, 4.69) is 27.9 Å². The second-order valence-electron chi connectivity index (χ2n) is 5.42. The van der Waals surface area contributed by atoms with Crippen LogP contribution in [0.5, 0.6) is 0 Å². The molecular formula is C19H20INO4. The predicted octanol–water partition coefficient (Wildman–Crippen LogP) is 2.71. The zero-order valence-electron chi connectivity index (χ0n) is 13.9. The van der Waals surface area contributed by atoms with Crippen molar-refractivity contribution >= 4 is 34.5 Å². The molecule has 2 aromatic rings. The molecule has 25 heavy (non-hydrogen) atoms. The minimum atomic E-state index is -0.742. The van der Waals surface area contributed by atoms with Crippen molar-refractivity contribution in [1.82, 2.24) is 5.32 Å². The summed E-state index contributed by atoms with van der Waals surface area (Å²) in [7, 11) is 1.31. The second kappa shape index (κ2) is 10.1. The molecule has 0 aliphatic rings. The number of carbonyl (C=O) groups excluding carboxylic acids is 2. The first-order valence-electron chi connectivity index (χ1n) is 7.82. The molecule has 2 rings (SSSR count). The van der Waals surface area contributed by atoms with E-state index in [0.29, 0.717) is 13.0 Å². The summed E-state index contributed by atoms with van der Waals surface area (Å²) in [5.41, 5.74) is 1.96. The van der Waals surface area contributed by atoms with E-state index < -0.39 is 12.0 Å². The molecule has 0 bridgehead atoms. The third-order valence-electron chi connectivity index (χ3n) is 3.55. The molecule has 0 aliphatic heterocycles. The second-order valence-corrected chi connectivity index (χ2v) is 6.58. The standard InChI is InChI=1S/C19H20INO4/c1-24-19(23)17(11-15-9-5-6-10-16(15)20)21-18(22)13-25-12-14-7-3-2-4-8-14/h2-10,17H,11-13H2,1H3,(H,21,22)/t17-/m0/s1. The van der Waals surface area contributed by atoms with Crippen molar-refractivity contribution in [2.24, 2.45) is 0 Å². The Balaban J connectivity index is 1.89. The fourth-order valence-corrected chi connectivity index (χ4v) is 2.90. The van der Waals surface area contributed by atoms with Crippen molar-refractivity contribution in [3.05, 3.63) is 69.3 Å². The van der Waals surface area contributed by atoms with Gasteiger partial charge < -0.3 is 14.8 Å². The molecule has 0 aliphatic carbocycles. The quantitative estimate of drug-likeness (QED) is 0.493. The van der Waals surface area contributed by atoms with Crippen molar-refractivity contribution in [3.63, 3.8) is 0 Å². The molecule has 5 nitrogen and oxygen atoms in total. The zero-order valence-corrected chi connectivity index (χ0v) is 16.1. The fourth-order valence-electron chi connectivity index (χ4n) is 2.29. The normalized spacial score (nSPS) is 11.6. The number of ether oxygens (including phenoxy) is 2. The van der Waals surface area contributed by atoms with Gasteiger partial charge in [-0.3, -0.25) is 4.79 Å². The summed E-state index contributed by atoms with van der Waals surface area (Å²) in [6.07, 6.45) is 0.371. The molecule has 1 N–H and O–H groups in total. The fraction of sp³-hybridized carbons (Fsp3) is 0.263. The van der Waals surface area contributed by atoms with E-state index in [1.165, 1.54) is 7.11 Å². The highest BCUT2D eigenvalue weighted by molar-refractivity contribution is 14.1. The van der Waals surface area contributed by atoms with Crippen LogP contribution in [0.25, 0.3) is 0 Å². The van der Waals surface area contributed by atoms with E-state index in [9.17, 15) is 9.59 Å². The lowest BCUT2D eigenvalue weighted by atomic mass is 10.1. The maximum absolute atomic E-state index is 12.1. The van der Waals surface area contributed by atoms with Gasteiger partial charge in [0.1, 0.15) is 12.6 Å². The molecule has 2 aromatic carbocycles. The smallest absolute Gasteiger partial charge is 0.328 e. The number of hydrogen-bond donors (Lipinski definition) is 1. The first-order valence-corrected chi connectivity index (χ1v) is 8.90. The SMILES string of the molecule is COC(=O)[C@H](Cc1ccccc1I)NC(=O)COCc1ccccc1. The van der Waals surface area contributed by atoms with E-state index in [0.717, 1.165) is 14.7 Å². The van der Waals surface area contributed by atoms with E-state index in [-0.39, 0.29) is 12.5 Å². The number of rotatable bonds is 8. The number of carbonyl (C=O) groups is 2. The number of halogens is 1. The summed E-state index contributed by atoms with van der Waals surface area (Å²) < 4.78 is 11.2. The van der Waals surface area contributed by atoms with Crippen LogP contribution in [0.3, 0.4) is 0 Å². The van der Waals surface area contributed by atoms with Gasteiger partial charge in [-0.1, -0.05) is 48.5 Å². The van der Waals surface area contributed by atoms with Crippen LogP contribution >= 0.6 is 22.6 Å². The minimum absolute atomic E-state index is 0.117. The first-order chi connectivity index (χ1) is 12.1. The maximum Gasteiger partial charge on any atom is 0.328 e. The molecule has 132 valence electrons. The van der Waals surface area contributed by atoms with Crippen LogP contribution < -0.4 is 5.32 Å². The van der Waals surface area contributed by atoms with E-state index in [1.54, 1.807) is 0 Å². The molecule has 1 amide bonds. The number of amides is 1. The van der Waals surface area contributed by atoms with Crippen molar-refractivity contribution < 1.29 is 19.1 Å². The molecule has 0 fully saturated rings. The zero-order chi connectivity index (χ0) is 18.1. The van der Waals surface area contributed by atoms with Gasteiger partial charge in [0, 0.05) is 9.99 Å². The van der Waals surface area contributed by atoms with Crippen molar-refractivity contribution in [2.75, 3.05) is 13.7 Å². The van der Waals surface area contributed by atoms with Gasteiger partial charge in [-0.15, -0.1) is 0 Å². The van der Waals surface area contributed by atoms with E-state index in [1.807, 2.05) is 54.6 Å². The van der Waals surface area contributed by atoms with Crippen LogP contribution in [-0.2, 0) is 32.1 Å². The number of methoxy groups -OCH3 is 1. The molecule has 0 saturated heterocycles. The van der Waals surface area contributed by atoms with Crippen LogP contribution in [0.15, 0.2) is 54.6 Å². The lowest BCUT2D eigenvalue weighted by molar-refractivity contribution is -0.145. The summed E-state index contributed by atoms with van der Waals surface area (Å²) in [6, 6.07) is 16.5. The van der Waals surface area contributed by atoms with Crippen molar-refractivity contribution in [3.8, 4) is 0 Å². The Hall–Kier alpha value is -1.93. The van der Waals surface area contributed by atoms with Crippen LogP contribution in [0, 0.1) is 3.57 Å². The van der Waals surface area contributed by atoms with Crippen LogP contribution in [0.1, 0.15) is 11.1 Å². The summed E-state index contributed by atoms with van der Waals surface area (Å²) in [5.74, 6) is -0.826. The van der Waals surface area contributed by atoms with Crippen LogP contribution in [0.2, 0.25) is 0 Å². The molecule has 0 saturated carbocycles. The summed E-state index contributed by atoms with van der Waals surface area (Å²) in [4.78, 5) is 24.1. The maximum atomic E-state index is 12.1. The van der Waals surface area contributed by atoms with E-state index >= 15 is 0 Å². The number of esters is 1. The van der Waals surface area contributed by atoms with Gasteiger partial charge in [0.2, 0.25) is 5.91 Å². The Morgan fingerprint density at radius 1 is 1.08 bits per heavy atom. The minimum Gasteiger partial charge on any atom is -0.467 e. The van der Waals surface area contributed by atoms with Gasteiger partial charge in [-0.25, -0.2) is 4.79 Å². The third kappa shape index (κ3) is 6.47. The Labute approximate surface area is 160 Å². The summed E-state index contributed by atoms with van der Waals surface area (Å²) in [5, 5.41) is 2.69. The monoisotopic (exact) mass is 453 g/mol. The molecular weight excluding hydrogens is 433 g/mol. The Bertz CT molecular complexity index is 706. The van der Waals surface area contributed by atoms with E-state index in [4.69, 9.17) is 9.47 Å². The summed E-state index contributed by atoms with van der Waals surface area (Å²) in [6.45, 7) is 0.224. The topological polar surface area (TPSA) is 64.6 Å². The number of hydrogen-bond acceptors (Lipinski definition) is 4. The molecule has 0 aromatic heterocycles. The lowest BCUT2D eigenvalue weighted by Crippen LogP contribution is -2.44. The van der Waals surface area contributed by atoms with Gasteiger partial charge in [0.05, 0.1) is 13.7 Å². The highest BCUT2D eigenvalue weighted by Crippen LogP contribution is 2.14. The van der Waals surface area contributed by atoms with Crippen LogP contribution in [-0.4, -0.2) is 31.6 Å². The van der Waals surface area contributed by atoms with Gasteiger partial charge in [0.15, 0.2) is 0 Å². The molecule has 0 radical (unpaired) electrons. The Morgan fingerprint density at radius 2 is 1.76 bits per heavy atom. The molecule has 6 heteroatoms. The first kappa shape index (κ1) is 19.4. The molecule has 0 heterocycles. The van der Waals surface area contributed by atoms with Crippen LogP contribution in [0.4, 0.5) is 0 Å². The van der Waals surface area contributed by atoms with Crippen molar-refractivity contribution in [1.29, 1.82) is 0 Å².